The van der Waals surface area contributed by atoms with Crippen molar-refractivity contribution in [1.82, 2.24) is 25.3 Å². The van der Waals surface area contributed by atoms with Crippen LogP contribution in [-0.2, 0) is 11.3 Å². The van der Waals surface area contributed by atoms with Gasteiger partial charge in [-0.15, -0.1) is 0 Å². The topological polar surface area (TPSA) is 74.5 Å². The van der Waals surface area contributed by atoms with Crippen LogP contribution >= 0.6 is 0 Å². The SMILES string of the molecule is CCNC(=NCc1cnn(-c2ccccc2)c1)NCC(=O)N1CCCC1. The van der Waals surface area contributed by atoms with Crippen molar-refractivity contribution in [2.45, 2.75) is 26.3 Å². The number of carbonyl (C=O) groups excluding carboxylic acids is 1. The minimum atomic E-state index is 0.130. The third kappa shape index (κ3) is 4.84. The molecule has 138 valence electrons. The van der Waals surface area contributed by atoms with Crippen molar-refractivity contribution in [3.05, 3.63) is 48.3 Å². The van der Waals surface area contributed by atoms with Crippen LogP contribution in [0.4, 0.5) is 0 Å². The molecule has 3 rings (SSSR count). The zero-order valence-electron chi connectivity index (χ0n) is 15.2. The molecular weight excluding hydrogens is 328 g/mol. The fourth-order valence-corrected chi connectivity index (χ4v) is 2.91. The Hall–Kier alpha value is -2.83. The predicted molar refractivity (Wildman–Crippen MR) is 102 cm³/mol. The highest BCUT2D eigenvalue weighted by Gasteiger charge is 2.17. The van der Waals surface area contributed by atoms with Gasteiger partial charge < -0.3 is 15.5 Å². The highest BCUT2D eigenvalue weighted by Crippen LogP contribution is 2.08. The fourth-order valence-electron chi connectivity index (χ4n) is 2.91. The largest absolute Gasteiger partial charge is 0.357 e. The quantitative estimate of drug-likeness (QED) is 0.610. The Morgan fingerprint density at radius 3 is 2.69 bits per heavy atom. The van der Waals surface area contributed by atoms with E-state index >= 15 is 0 Å². The molecule has 1 aromatic carbocycles. The zero-order chi connectivity index (χ0) is 18.2. The maximum absolute atomic E-state index is 12.2. The van der Waals surface area contributed by atoms with Crippen LogP contribution in [0.25, 0.3) is 5.69 Å². The second-order valence-corrected chi connectivity index (χ2v) is 6.27. The molecule has 1 aliphatic heterocycles. The van der Waals surface area contributed by atoms with Crippen molar-refractivity contribution in [3.8, 4) is 5.69 Å². The van der Waals surface area contributed by atoms with E-state index in [0.29, 0.717) is 12.5 Å². The van der Waals surface area contributed by atoms with Crippen molar-refractivity contribution in [3.63, 3.8) is 0 Å². The number of aliphatic imine (C=N–C) groups is 1. The Balaban J connectivity index is 1.57. The second kappa shape index (κ2) is 9.03. The van der Waals surface area contributed by atoms with Crippen LogP contribution in [0.2, 0.25) is 0 Å². The Morgan fingerprint density at radius 1 is 1.19 bits per heavy atom. The lowest BCUT2D eigenvalue weighted by Crippen LogP contribution is -2.44. The van der Waals surface area contributed by atoms with Crippen LogP contribution in [0.5, 0.6) is 0 Å². The first-order chi connectivity index (χ1) is 12.8. The summed E-state index contributed by atoms with van der Waals surface area (Å²) in [6, 6.07) is 9.97. The Labute approximate surface area is 154 Å². The second-order valence-electron chi connectivity index (χ2n) is 6.27. The Kier molecular flexibility index (Phi) is 6.24. The number of aromatic nitrogens is 2. The van der Waals surface area contributed by atoms with Gasteiger partial charge in [0, 0.05) is 31.4 Å². The van der Waals surface area contributed by atoms with Gasteiger partial charge in [-0.2, -0.15) is 5.10 Å². The molecule has 1 amide bonds. The predicted octanol–water partition coefficient (Wildman–Crippen LogP) is 1.55. The molecule has 2 N–H and O–H groups in total. The maximum atomic E-state index is 12.2. The van der Waals surface area contributed by atoms with Crippen LogP contribution in [0.15, 0.2) is 47.7 Å². The van der Waals surface area contributed by atoms with Crippen LogP contribution in [0, 0.1) is 0 Å². The smallest absolute Gasteiger partial charge is 0.241 e. The van der Waals surface area contributed by atoms with Crippen molar-refractivity contribution >= 4 is 11.9 Å². The van der Waals surface area contributed by atoms with E-state index in [4.69, 9.17) is 0 Å². The third-order valence-corrected chi connectivity index (χ3v) is 4.29. The molecule has 0 radical (unpaired) electrons. The van der Waals surface area contributed by atoms with Gasteiger partial charge in [0.25, 0.3) is 0 Å². The number of nitrogens with zero attached hydrogens (tertiary/aromatic N) is 4. The number of para-hydroxylation sites is 1. The van der Waals surface area contributed by atoms with Gasteiger partial charge in [0.05, 0.1) is 25.0 Å². The summed E-state index contributed by atoms with van der Waals surface area (Å²) in [6.07, 6.45) is 5.99. The maximum Gasteiger partial charge on any atom is 0.241 e. The van der Waals surface area contributed by atoms with E-state index in [2.05, 4.69) is 20.7 Å². The van der Waals surface area contributed by atoms with Gasteiger partial charge in [-0.1, -0.05) is 18.2 Å². The summed E-state index contributed by atoms with van der Waals surface area (Å²) in [5.74, 6) is 0.775. The number of hydrogen-bond acceptors (Lipinski definition) is 3. The first kappa shape index (κ1) is 18.0. The molecular formula is C19H26N6O. The van der Waals surface area contributed by atoms with Crippen LogP contribution in [0.1, 0.15) is 25.3 Å². The van der Waals surface area contributed by atoms with E-state index in [1.165, 1.54) is 0 Å². The molecule has 0 bridgehead atoms. The standard InChI is InChI=1S/C19H26N6O/c1-2-20-19(22-14-18(26)24-10-6-7-11-24)21-12-16-13-23-25(15-16)17-8-4-3-5-9-17/h3-5,8-9,13,15H,2,6-7,10-12,14H2,1H3,(H2,20,21,22). The summed E-state index contributed by atoms with van der Waals surface area (Å²) in [5.41, 5.74) is 2.03. The molecule has 2 heterocycles. The first-order valence-corrected chi connectivity index (χ1v) is 9.15. The van der Waals surface area contributed by atoms with Crippen molar-refractivity contribution < 1.29 is 4.79 Å². The fraction of sp³-hybridized carbons (Fsp3) is 0.421. The van der Waals surface area contributed by atoms with Gasteiger partial charge in [-0.05, 0) is 31.9 Å². The zero-order valence-corrected chi connectivity index (χ0v) is 15.2. The monoisotopic (exact) mass is 354 g/mol. The van der Waals surface area contributed by atoms with Gasteiger partial charge in [-0.25, -0.2) is 9.67 Å². The van der Waals surface area contributed by atoms with Gasteiger partial charge in [0.2, 0.25) is 5.91 Å². The van der Waals surface area contributed by atoms with Crippen molar-refractivity contribution in [1.29, 1.82) is 0 Å². The molecule has 7 heteroatoms. The number of carbonyl (C=O) groups is 1. The van der Waals surface area contributed by atoms with E-state index in [9.17, 15) is 4.79 Å². The van der Waals surface area contributed by atoms with E-state index in [1.54, 1.807) is 0 Å². The molecule has 7 nitrogen and oxygen atoms in total. The van der Waals surface area contributed by atoms with Gasteiger partial charge >= 0.3 is 0 Å². The summed E-state index contributed by atoms with van der Waals surface area (Å²) in [7, 11) is 0. The van der Waals surface area contributed by atoms with Gasteiger partial charge in [0.15, 0.2) is 5.96 Å². The molecule has 0 unspecified atom stereocenters. The molecule has 1 aromatic heterocycles. The van der Waals surface area contributed by atoms with E-state index in [1.807, 2.05) is 59.2 Å². The molecule has 2 aromatic rings. The number of amides is 1. The summed E-state index contributed by atoms with van der Waals surface area (Å²) in [5, 5.41) is 10.7. The van der Waals surface area contributed by atoms with Crippen LogP contribution in [0.3, 0.4) is 0 Å². The average Bonchev–Trinajstić information content (AvgIpc) is 3.36. The molecule has 0 saturated carbocycles. The highest BCUT2D eigenvalue weighted by atomic mass is 16.2. The molecule has 0 spiro atoms. The number of nitrogens with one attached hydrogen (secondary N) is 2. The minimum absolute atomic E-state index is 0.130. The lowest BCUT2D eigenvalue weighted by atomic mass is 10.3. The molecule has 0 atom stereocenters. The van der Waals surface area contributed by atoms with Gasteiger partial charge in [-0.3, -0.25) is 4.79 Å². The lowest BCUT2D eigenvalue weighted by Gasteiger charge is -2.17. The van der Waals surface area contributed by atoms with Crippen molar-refractivity contribution in [2.75, 3.05) is 26.2 Å². The van der Waals surface area contributed by atoms with Crippen LogP contribution in [-0.4, -0.2) is 52.7 Å². The Bertz CT molecular complexity index is 733. The third-order valence-electron chi connectivity index (χ3n) is 4.29. The normalized spacial score (nSPS) is 14.5. The van der Waals surface area contributed by atoms with Crippen molar-refractivity contribution in [2.24, 2.45) is 4.99 Å². The summed E-state index contributed by atoms with van der Waals surface area (Å²) < 4.78 is 1.84. The number of rotatable bonds is 6. The number of hydrogen-bond donors (Lipinski definition) is 2. The Morgan fingerprint density at radius 2 is 1.96 bits per heavy atom. The summed E-state index contributed by atoms with van der Waals surface area (Å²) in [6.45, 7) is 5.26. The number of benzene rings is 1. The molecule has 1 fully saturated rings. The first-order valence-electron chi connectivity index (χ1n) is 9.15. The molecule has 1 saturated heterocycles. The highest BCUT2D eigenvalue weighted by molar-refractivity contribution is 5.86. The number of guanidine groups is 1. The van der Waals surface area contributed by atoms with E-state index in [0.717, 1.165) is 43.7 Å². The molecule has 26 heavy (non-hydrogen) atoms. The van der Waals surface area contributed by atoms with Crippen LogP contribution < -0.4 is 10.6 Å². The molecule has 1 aliphatic rings. The molecule has 0 aliphatic carbocycles. The lowest BCUT2D eigenvalue weighted by molar-refractivity contribution is -0.128. The van der Waals surface area contributed by atoms with E-state index in [-0.39, 0.29) is 12.5 Å². The van der Waals surface area contributed by atoms with E-state index < -0.39 is 0 Å². The summed E-state index contributed by atoms with van der Waals surface area (Å²) >= 11 is 0. The minimum Gasteiger partial charge on any atom is -0.357 e. The summed E-state index contributed by atoms with van der Waals surface area (Å²) in [4.78, 5) is 18.6. The average molecular weight is 354 g/mol. The number of likely N-dealkylation sites (tertiary alicyclic amines) is 1. The van der Waals surface area contributed by atoms with Gasteiger partial charge in [0.1, 0.15) is 0 Å².